The van der Waals surface area contributed by atoms with Crippen molar-refractivity contribution in [1.29, 1.82) is 0 Å². The van der Waals surface area contributed by atoms with E-state index in [2.05, 4.69) is 0 Å². The highest BCUT2D eigenvalue weighted by atomic mass is 16.6. The third-order valence-corrected chi connectivity index (χ3v) is 7.18. The smallest absolute Gasteiger partial charge is 0.410 e. The van der Waals surface area contributed by atoms with E-state index >= 15 is 0 Å². The van der Waals surface area contributed by atoms with E-state index in [1.54, 1.807) is 12.0 Å². The Morgan fingerprint density at radius 1 is 1.00 bits per heavy atom. The lowest BCUT2D eigenvalue weighted by Gasteiger charge is -2.48. The Hall–Kier alpha value is -3.35. The Morgan fingerprint density at radius 3 is 2.31 bits per heavy atom. The van der Waals surface area contributed by atoms with Crippen LogP contribution in [0.5, 0.6) is 5.75 Å². The van der Waals surface area contributed by atoms with E-state index in [0.717, 1.165) is 22.4 Å². The minimum absolute atomic E-state index is 0.167. The van der Waals surface area contributed by atoms with E-state index in [-0.39, 0.29) is 5.92 Å². The van der Waals surface area contributed by atoms with Gasteiger partial charge in [-0.25, -0.2) is 4.79 Å². The van der Waals surface area contributed by atoms with Gasteiger partial charge >= 0.3 is 6.09 Å². The van der Waals surface area contributed by atoms with Crippen molar-refractivity contribution >= 4 is 6.09 Å². The zero-order valence-electron chi connectivity index (χ0n) is 23.5. The number of likely N-dealkylation sites (tertiary alicyclic amines) is 1. The van der Waals surface area contributed by atoms with Crippen molar-refractivity contribution in [2.75, 3.05) is 20.3 Å². The van der Waals surface area contributed by atoms with Crippen LogP contribution in [-0.2, 0) is 16.1 Å². The summed E-state index contributed by atoms with van der Waals surface area (Å²) in [5.74, 6) is 0.588. The van der Waals surface area contributed by atoms with Gasteiger partial charge in [0.2, 0.25) is 0 Å². The number of methoxy groups -OCH3 is 1. The first-order valence-corrected chi connectivity index (χ1v) is 13.7. The lowest BCUT2D eigenvalue weighted by Crippen LogP contribution is -2.54. The molecule has 1 aliphatic heterocycles. The van der Waals surface area contributed by atoms with Gasteiger partial charge in [0.05, 0.1) is 32.0 Å². The summed E-state index contributed by atoms with van der Waals surface area (Å²) < 4.78 is 17.7. The molecule has 1 saturated heterocycles. The molecule has 0 saturated carbocycles. The fourth-order valence-corrected chi connectivity index (χ4v) is 5.55. The standard InChI is InChI=1S/C33H41NO5/c1-32(2,3)39-31(35)34-21-13-20-33(36,30(34)26-16-9-6-10-17-26)22-27(28-18-11-12-19-29(28)37-4)24-38-23-25-14-7-5-8-15-25/h5-12,14-19,27,30,36H,13,20-24H2,1-4H3. The van der Waals surface area contributed by atoms with Crippen LogP contribution in [0, 0.1) is 0 Å². The molecule has 6 nitrogen and oxygen atoms in total. The van der Waals surface area contributed by atoms with Crippen molar-refractivity contribution in [3.63, 3.8) is 0 Å². The molecule has 4 rings (SSSR count). The van der Waals surface area contributed by atoms with E-state index in [4.69, 9.17) is 14.2 Å². The number of carbonyl (C=O) groups is 1. The van der Waals surface area contributed by atoms with Crippen molar-refractivity contribution in [2.45, 2.75) is 69.8 Å². The fraction of sp³-hybridized carbons (Fsp3) is 0.424. The highest BCUT2D eigenvalue weighted by Crippen LogP contribution is 2.46. The van der Waals surface area contributed by atoms with Crippen LogP contribution in [0.4, 0.5) is 4.79 Å². The Bertz CT molecular complexity index is 1190. The third kappa shape index (κ3) is 7.40. The summed E-state index contributed by atoms with van der Waals surface area (Å²) in [6, 6.07) is 27.2. The van der Waals surface area contributed by atoms with Gasteiger partial charge in [-0.15, -0.1) is 0 Å². The molecule has 3 unspecified atom stereocenters. The third-order valence-electron chi connectivity index (χ3n) is 7.18. The second kappa shape index (κ2) is 12.7. The molecule has 1 aliphatic rings. The van der Waals surface area contributed by atoms with Crippen LogP contribution in [0.1, 0.15) is 68.7 Å². The van der Waals surface area contributed by atoms with Crippen LogP contribution < -0.4 is 4.74 Å². The molecule has 6 heteroatoms. The van der Waals surface area contributed by atoms with Gasteiger partial charge in [0.15, 0.2) is 0 Å². The molecular weight excluding hydrogens is 490 g/mol. The molecule has 0 spiro atoms. The molecule has 0 aliphatic carbocycles. The van der Waals surface area contributed by atoms with Crippen LogP contribution in [0.25, 0.3) is 0 Å². The lowest BCUT2D eigenvalue weighted by molar-refractivity contribution is -0.0971. The molecule has 3 aromatic rings. The first kappa shape index (κ1) is 28.7. The van der Waals surface area contributed by atoms with Crippen LogP contribution in [0.2, 0.25) is 0 Å². The number of amides is 1. The first-order valence-electron chi connectivity index (χ1n) is 13.7. The molecule has 1 heterocycles. The zero-order chi connectivity index (χ0) is 27.9. The summed E-state index contributed by atoms with van der Waals surface area (Å²) >= 11 is 0. The predicted octanol–water partition coefficient (Wildman–Crippen LogP) is 6.89. The van der Waals surface area contributed by atoms with Gasteiger partial charge < -0.3 is 19.3 Å². The fourth-order valence-electron chi connectivity index (χ4n) is 5.55. The number of para-hydroxylation sites is 1. The summed E-state index contributed by atoms with van der Waals surface area (Å²) in [4.78, 5) is 15.1. The van der Waals surface area contributed by atoms with Gasteiger partial charge in [0.25, 0.3) is 0 Å². The number of ether oxygens (including phenoxy) is 3. The monoisotopic (exact) mass is 531 g/mol. The maximum absolute atomic E-state index is 13.4. The zero-order valence-corrected chi connectivity index (χ0v) is 23.5. The van der Waals surface area contributed by atoms with Crippen molar-refractivity contribution < 1.29 is 24.1 Å². The molecule has 0 radical (unpaired) electrons. The molecule has 208 valence electrons. The Morgan fingerprint density at radius 2 is 1.64 bits per heavy atom. The van der Waals surface area contributed by atoms with Gasteiger partial charge in [-0.2, -0.15) is 0 Å². The molecule has 1 amide bonds. The average Bonchev–Trinajstić information content (AvgIpc) is 2.92. The highest BCUT2D eigenvalue weighted by molar-refractivity contribution is 5.69. The van der Waals surface area contributed by atoms with E-state index in [0.29, 0.717) is 39.0 Å². The molecule has 3 atom stereocenters. The second-order valence-electron chi connectivity index (χ2n) is 11.3. The number of benzene rings is 3. The summed E-state index contributed by atoms with van der Waals surface area (Å²) in [5.41, 5.74) is 1.10. The minimum atomic E-state index is -1.21. The number of hydrogen-bond acceptors (Lipinski definition) is 5. The number of piperidine rings is 1. The lowest BCUT2D eigenvalue weighted by atomic mass is 9.74. The SMILES string of the molecule is COc1ccccc1C(COCc1ccccc1)CC1(O)CCCN(C(=O)OC(C)(C)C)C1c1ccccc1. The molecule has 0 aromatic heterocycles. The van der Waals surface area contributed by atoms with E-state index in [9.17, 15) is 9.90 Å². The number of carbonyl (C=O) groups excluding carboxylic acids is 1. The van der Waals surface area contributed by atoms with Crippen molar-refractivity contribution in [1.82, 2.24) is 4.90 Å². The Kier molecular flexibility index (Phi) is 9.31. The molecule has 1 N–H and O–H groups in total. The normalized spacial score (nSPS) is 20.3. The Labute approximate surface area is 232 Å². The number of aliphatic hydroxyl groups is 1. The number of rotatable bonds is 9. The number of hydrogen-bond donors (Lipinski definition) is 1. The van der Waals surface area contributed by atoms with Gasteiger partial charge in [-0.05, 0) is 62.8 Å². The molecule has 3 aromatic carbocycles. The van der Waals surface area contributed by atoms with Gasteiger partial charge in [0, 0.05) is 12.5 Å². The predicted molar refractivity (Wildman–Crippen MR) is 153 cm³/mol. The van der Waals surface area contributed by atoms with Crippen LogP contribution in [-0.4, -0.2) is 47.6 Å². The van der Waals surface area contributed by atoms with E-state index in [1.807, 2.05) is 106 Å². The second-order valence-corrected chi connectivity index (χ2v) is 11.3. The summed E-state index contributed by atoms with van der Waals surface area (Å²) in [7, 11) is 1.66. The van der Waals surface area contributed by atoms with E-state index in [1.165, 1.54) is 0 Å². The topological polar surface area (TPSA) is 68.2 Å². The van der Waals surface area contributed by atoms with Crippen LogP contribution in [0.15, 0.2) is 84.9 Å². The van der Waals surface area contributed by atoms with Crippen molar-refractivity contribution in [2.24, 2.45) is 0 Å². The maximum atomic E-state index is 13.4. The van der Waals surface area contributed by atoms with E-state index < -0.39 is 23.3 Å². The summed E-state index contributed by atoms with van der Waals surface area (Å²) in [5, 5.41) is 12.5. The molecular formula is C33H41NO5. The molecule has 39 heavy (non-hydrogen) atoms. The van der Waals surface area contributed by atoms with Crippen molar-refractivity contribution in [3.8, 4) is 5.75 Å². The highest BCUT2D eigenvalue weighted by Gasteiger charge is 2.48. The number of nitrogens with zero attached hydrogens (tertiary/aromatic N) is 1. The van der Waals surface area contributed by atoms with Gasteiger partial charge in [0.1, 0.15) is 11.4 Å². The maximum Gasteiger partial charge on any atom is 0.410 e. The quantitative estimate of drug-likeness (QED) is 0.326. The minimum Gasteiger partial charge on any atom is -0.496 e. The molecule has 1 fully saturated rings. The molecule has 0 bridgehead atoms. The summed E-state index contributed by atoms with van der Waals surface area (Å²) in [6.45, 7) is 6.96. The first-order chi connectivity index (χ1) is 18.7. The largest absolute Gasteiger partial charge is 0.496 e. The van der Waals surface area contributed by atoms with Crippen LogP contribution in [0.3, 0.4) is 0 Å². The summed E-state index contributed by atoms with van der Waals surface area (Å²) in [6.07, 6.45) is 1.20. The van der Waals surface area contributed by atoms with Gasteiger partial charge in [-0.3, -0.25) is 4.90 Å². The Balaban J connectivity index is 1.67. The van der Waals surface area contributed by atoms with Crippen LogP contribution >= 0.6 is 0 Å². The van der Waals surface area contributed by atoms with Crippen molar-refractivity contribution in [3.05, 3.63) is 102 Å². The average molecular weight is 532 g/mol. The van der Waals surface area contributed by atoms with Gasteiger partial charge in [-0.1, -0.05) is 78.9 Å².